The zero-order valence-electron chi connectivity index (χ0n) is 10.7. The Morgan fingerprint density at radius 2 is 2.32 bits per heavy atom. The Kier molecular flexibility index (Phi) is 2.70. The van der Waals surface area contributed by atoms with E-state index in [9.17, 15) is 4.79 Å². The maximum atomic E-state index is 12.2. The second-order valence-electron chi connectivity index (χ2n) is 4.44. The van der Waals surface area contributed by atoms with Gasteiger partial charge < -0.3 is 9.26 Å². The molecule has 0 fully saturated rings. The molecule has 1 unspecified atom stereocenters. The van der Waals surface area contributed by atoms with Crippen molar-refractivity contribution in [1.82, 2.24) is 10.1 Å². The highest BCUT2D eigenvalue weighted by atomic mass is 16.5. The van der Waals surface area contributed by atoms with Gasteiger partial charge in [-0.2, -0.15) is 0 Å². The van der Waals surface area contributed by atoms with Gasteiger partial charge in [0.1, 0.15) is 17.1 Å². The summed E-state index contributed by atoms with van der Waals surface area (Å²) in [5, 5.41) is 3.91. The standard InChI is InChI=1S/C13H13N3O3/c1-8-6-10(15-19-8)7-16-11-4-3-5-14-12(11)18-9(2)13(16)17/h3-6,9H,7H2,1-2H3. The number of hydrogen-bond donors (Lipinski definition) is 0. The Labute approximate surface area is 110 Å². The van der Waals surface area contributed by atoms with Crippen LogP contribution in [0.4, 0.5) is 5.69 Å². The lowest BCUT2D eigenvalue weighted by Crippen LogP contribution is -2.44. The molecule has 6 heteroatoms. The van der Waals surface area contributed by atoms with Gasteiger partial charge in [0.25, 0.3) is 5.91 Å². The number of carbonyl (C=O) groups excluding carboxylic acids is 1. The molecule has 0 aliphatic carbocycles. The van der Waals surface area contributed by atoms with Crippen LogP contribution in [0.1, 0.15) is 18.4 Å². The third-order valence-corrected chi connectivity index (χ3v) is 2.94. The molecule has 0 N–H and O–H groups in total. The molecule has 1 amide bonds. The first kappa shape index (κ1) is 11.7. The van der Waals surface area contributed by atoms with Gasteiger partial charge >= 0.3 is 0 Å². The van der Waals surface area contributed by atoms with Gasteiger partial charge in [-0.25, -0.2) is 4.98 Å². The van der Waals surface area contributed by atoms with Crippen LogP contribution in [-0.4, -0.2) is 22.2 Å². The van der Waals surface area contributed by atoms with Crippen molar-refractivity contribution in [3.63, 3.8) is 0 Å². The molecule has 2 aromatic heterocycles. The molecule has 1 aliphatic heterocycles. The maximum absolute atomic E-state index is 12.2. The van der Waals surface area contributed by atoms with Crippen molar-refractivity contribution in [2.24, 2.45) is 0 Å². The molecule has 0 aromatic carbocycles. The highest BCUT2D eigenvalue weighted by molar-refractivity contribution is 5.99. The van der Waals surface area contributed by atoms with Crippen LogP contribution in [0.15, 0.2) is 28.9 Å². The molecule has 0 saturated carbocycles. The molecule has 0 spiro atoms. The fourth-order valence-corrected chi connectivity index (χ4v) is 2.05. The van der Waals surface area contributed by atoms with Crippen LogP contribution in [0.2, 0.25) is 0 Å². The smallest absolute Gasteiger partial charge is 0.268 e. The molecule has 3 rings (SSSR count). The molecule has 6 nitrogen and oxygen atoms in total. The van der Waals surface area contributed by atoms with Gasteiger partial charge in [0.15, 0.2) is 6.10 Å². The zero-order valence-corrected chi connectivity index (χ0v) is 10.7. The summed E-state index contributed by atoms with van der Waals surface area (Å²) in [5.41, 5.74) is 1.36. The van der Waals surface area contributed by atoms with Crippen LogP contribution < -0.4 is 9.64 Å². The predicted molar refractivity (Wildman–Crippen MR) is 66.8 cm³/mol. The number of aryl methyl sites for hydroxylation is 1. The summed E-state index contributed by atoms with van der Waals surface area (Å²) in [4.78, 5) is 18.0. The number of carbonyl (C=O) groups is 1. The van der Waals surface area contributed by atoms with Gasteiger partial charge in [0.2, 0.25) is 5.88 Å². The average molecular weight is 259 g/mol. The molecule has 0 radical (unpaired) electrons. The Balaban J connectivity index is 1.96. The highest BCUT2D eigenvalue weighted by Crippen LogP contribution is 2.32. The van der Waals surface area contributed by atoms with Crippen molar-refractivity contribution in [3.8, 4) is 5.88 Å². The minimum Gasteiger partial charge on any atom is -0.463 e. The van der Waals surface area contributed by atoms with Crippen LogP contribution in [-0.2, 0) is 11.3 Å². The van der Waals surface area contributed by atoms with Gasteiger partial charge in [-0.1, -0.05) is 5.16 Å². The Hall–Kier alpha value is -2.37. The normalized spacial score (nSPS) is 18.1. The van der Waals surface area contributed by atoms with Crippen LogP contribution >= 0.6 is 0 Å². The van der Waals surface area contributed by atoms with E-state index in [-0.39, 0.29) is 5.91 Å². The van der Waals surface area contributed by atoms with E-state index in [0.717, 1.165) is 5.76 Å². The van der Waals surface area contributed by atoms with Crippen LogP contribution in [0, 0.1) is 6.92 Å². The summed E-state index contributed by atoms with van der Waals surface area (Å²) < 4.78 is 10.5. The number of rotatable bonds is 2. The SMILES string of the molecule is Cc1cc(CN2C(=O)C(C)Oc3ncccc32)no1. The predicted octanol–water partition coefficient (Wildman–Crippen LogP) is 1.69. The highest BCUT2D eigenvalue weighted by Gasteiger charge is 2.32. The lowest BCUT2D eigenvalue weighted by atomic mass is 10.2. The molecule has 19 heavy (non-hydrogen) atoms. The first-order valence-electron chi connectivity index (χ1n) is 6.00. The third kappa shape index (κ3) is 2.05. The monoisotopic (exact) mass is 259 g/mol. The second kappa shape index (κ2) is 4.38. The Morgan fingerprint density at radius 3 is 3.05 bits per heavy atom. The third-order valence-electron chi connectivity index (χ3n) is 2.94. The summed E-state index contributed by atoms with van der Waals surface area (Å²) in [6.07, 6.45) is 1.09. The van der Waals surface area contributed by atoms with E-state index in [1.807, 2.05) is 13.0 Å². The number of anilines is 1. The molecular weight excluding hydrogens is 246 g/mol. The van der Waals surface area contributed by atoms with Crippen LogP contribution in [0.3, 0.4) is 0 Å². The van der Waals surface area contributed by atoms with Crippen molar-refractivity contribution in [3.05, 3.63) is 35.9 Å². The van der Waals surface area contributed by atoms with E-state index in [1.165, 1.54) is 0 Å². The summed E-state index contributed by atoms with van der Waals surface area (Å²) in [6, 6.07) is 5.38. The number of fused-ring (bicyclic) bond motifs is 1. The fraction of sp³-hybridized carbons (Fsp3) is 0.308. The van der Waals surface area contributed by atoms with E-state index in [4.69, 9.17) is 9.26 Å². The largest absolute Gasteiger partial charge is 0.463 e. The quantitative estimate of drug-likeness (QED) is 0.821. The van der Waals surface area contributed by atoms with E-state index < -0.39 is 6.10 Å². The van der Waals surface area contributed by atoms with E-state index in [1.54, 1.807) is 30.2 Å². The minimum atomic E-state index is -0.546. The number of nitrogens with zero attached hydrogens (tertiary/aromatic N) is 3. The molecule has 2 aromatic rings. The number of amides is 1. The van der Waals surface area contributed by atoms with Crippen LogP contribution in [0.5, 0.6) is 5.88 Å². The first-order chi connectivity index (χ1) is 9.15. The summed E-state index contributed by atoms with van der Waals surface area (Å²) >= 11 is 0. The molecule has 3 heterocycles. The number of ether oxygens (including phenoxy) is 1. The number of hydrogen-bond acceptors (Lipinski definition) is 5. The second-order valence-corrected chi connectivity index (χ2v) is 4.44. The summed E-state index contributed by atoms with van der Waals surface area (Å²) in [6.45, 7) is 3.87. The minimum absolute atomic E-state index is 0.110. The van der Waals surface area contributed by atoms with Crippen molar-refractivity contribution < 1.29 is 14.1 Å². The van der Waals surface area contributed by atoms with Gasteiger partial charge in [-0.15, -0.1) is 0 Å². The lowest BCUT2D eigenvalue weighted by Gasteiger charge is -2.31. The summed E-state index contributed by atoms with van der Waals surface area (Å²) in [7, 11) is 0. The molecule has 1 atom stereocenters. The lowest BCUT2D eigenvalue weighted by molar-refractivity contribution is -0.125. The molecular formula is C13H13N3O3. The van der Waals surface area contributed by atoms with E-state index >= 15 is 0 Å². The number of aromatic nitrogens is 2. The van der Waals surface area contributed by atoms with Crippen molar-refractivity contribution in [2.75, 3.05) is 4.90 Å². The molecule has 1 aliphatic rings. The first-order valence-corrected chi connectivity index (χ1v) is 6.00. The molecule has 0 saturated heterocycles. The average Bonchev–Trinajstić information content (AvgIpc) is 2.80. The van der Waals surface area contributed by atoms with Crippen LogP contribution in [0.25, 0.3) is 0 Å². The Bertz CT molecular complexity index is 623. The van der Waals surface area contributed by atoms with Crippen molar-refractivity contribution in [1.29, 1.82) is 0 Å². The molecule has 98 valence electrons. The van der Waals surface area contributed by atoms with E-state index in [0.29, 0.717) is 23.8 Å². The zero-order chi connectivity index (χ0) is 13.4. The van der Waals surface area contributed by atoms with Crippen molar-refractivity contribution in [2.45, 2.75) is 26.5 Å². The number of pyridine rings is 1. The summed E-state index contributed by atoms with van der Waals surface area (Å²) in [5.74, 6) is 1.08. The fourth-order valence-electron chi connectivity index (χ4n) is 2.05. The Morgan fingerprint density at radius 1 is 1.47 bits per heavy atom. The maximum Gasteiger partial charge on any atom is 0.268 e. The van der Waals surface area contributed by atoms with E-state index in [2.05, 4.69) is 10.1 Å². The van der Waals surface area contributed by atoms with Gasteiger partial charge in [0, 0.05) is 12.3 Å². The van der Waals surface area contributed by atoms with Crippen molar-refractivity contribution >= 4 is 11.6 Å². The topological polar surface area (TPSA) is 68.5 Å². The molecule has 0 bridgehead atoms. The van der Waals surface area contributed by atoms with Gasteiger partial charge in [-0.05, 0) is 26.0 Å². The van der Waals surface area contributed by atoms with Gasteiger partial charge in [0.05, 0.1) is 6.54 Å². The van der Waals surface area contributed by atoms with Gasteiger partial charge in [-0.3, -0.25) is 9.69 Å².